The summed E-state index contributed by atoms with van der Waals surface area (Å²) in [6, 6.07) is 4.44. The number of carboxylic acid groups (broad SMARTS) is 1. The van der Waals surface area contributed by atoms with Gasteiger partial charge in [0, 0.05) is 0 Å². The highest BCUT2D eigenvalue weighted by Crippen LogP contribution is 2.27. The van der Waals surface area contributed by atoms with Crippen LogP contribution in [0.4, 0.5) is 5.69 Å². The minimum Gasteiger partial charge on any atom is -0.478 e. The third-order valence-corrected chi connectivity index (χ3v) is 5.33. The summed E-state index contributed by atoms with van der Waals surface area (Å²) in [6.07, 6.45) is 3.21. The van der Waals surface area contributed by atoms with Gasteiger partial charge in [-0.2, -0.15) is 0 Å². The first-order chi connectivity index (χ1) is 8.90. The number of aromatic carboxylic acids is 1. The Morgan fingerprint density at radius 3 is 2.53 bits per heavy atom. The van der Waals surface area contributed by atoms with Crippen molar-refractivity contribution in [2.24, 2.45) is 0 Å². The number of carboxylic acids is 1. The molecule has 0 atom stereocenters. The van der Waals surface area contributed by atoms with Crippen LogP contribution in [0.5, 0.6) is 0 Å². The zero-order chi connectivity index (χ0) is 14.0. The molecule has 2 N–H and O–H groups in total. The number of rotatable bonds is 4. The van der Waals surface area contributed by atoms with Crippen LogP contribution in [0.2, 0.25) is 0 Å². The zero-order valence-electron chi connectivity index (χ0n) is 10.7. The molecule has 0 aliphatic heterocycles. The van der Waals surface area contributed by atoms with Crippen LogP contribution < -0.4 is 4.72 Å². The van der Waals surface area contributed by atoms with E-state index in [1.165, 1.54) is 12.1 Å². The van der Waals surface area contributed by atoms with E-state index in [2.05, 4.69) is 4.72 Å². The molecule has 1 aliphatic carbocycles. The van der Waals surface area contributed by atoms with Crippen LogP contribution in [-0.2, 0) is 10.0 Å². The maximum Gasteiger partial charge on any atom is 0.335 e. The van der Waals surface area contributed by atoms with E-state index in [-0.39, 0.29) is 10.8 Å². The maximum atomic E-state index is 12.2. The molecule has 0 heterocycles. The van der Waals surface area contributed by atoms with E-state index in [9.17, 15) is 13.2 Å². The van der Waals surface area contributed by atoms with E-state index in [1.54, 1.807) is 13.0 Å². The van der Waals surface area contributed by atoms with Gasteiger partial charge in [0.05, 0.1) is 16.5 Å². The molecule has 0 aromatic heterocycles. The number of benzene rings is 1. The Balaban J connectivity index is 2.27. The molecule has 0 bridgehead atoms. The third-order valence-electron chi connectivity index (χ3n) is 3.48. The molecule has 0 unspecified atom stereocenters. The van der Waals surface area contributed by atoms with Crippen molar-refractivity contribution in [1.82, 2.24) is 0 Å². The van der Waals surface area contributed by atoms with Crippen molar-refractivity contribution in [2.45, 2.75) is 37.9 Å². The summed E-state index contributed by atoms with van der Waals surface area (Å²) in [6.45, 7) is 1.75. The fourth-order valence-electron chi connectivity index (χ4n) is 2.30. The van der Waals surface area contributed by atoms with E-state index in [4.69, 9.17) is 5.11 Å². The standard InChI is InChI=1S/C13H17NO4S/c1-9-6-7-10(13(15)16)8-12(9)14-19(17,18)11-4-2-3-5-11/h6-8,11,14H,2-5H2,1H3,(H,15,16). The molecule has 0 amide bonds. The third kappa shape index (κ3) is 3.07. The van der Waals surface area contributed by atoms with E-state index in [0.717, 1.165) is 12.8 Å². The highest BCUT2D eigenvalue weighted by molar-refractivity contribution is 7.93. The molecular formula is C13H17NO4S. The SMILES string of the molecule is Cc1ccc(C(=O)O)cc1NS(=O)(=O)C1CCCC1. The van der Waals surface area contributed by atoms with Gasteiger partial charge in [0.15, 0.2) is 0 Å². The summed E-state index contributed by atoms with van der Waals surface area (Å²) in [4.78, 5) is 10.9. The number of anilines is 1. The number of carbonyl (C=O) groups is 1. The lowest BCUT2D eigenvalue weighted by molar-refractivity contribution is 0.0697. The normalized spacial score (nSPS) is 16.5. The van der Waals surface area contributed by atoms with Crippen LogP contribution in [0.25, 0.3) is 0 Å². The van der Waals surface area contributed by atoms with Gasteiger partial charge in [-0.3, -0.25) is 4.72 Å². The average Bonchev–Trinajstić information content (AvgIpc) is 2.85. The van der Waals surface area contributed by atoms with Gasteiger partial charge in [-0.15, -0.1) is 0 Å². The Bertz CT molecular complexity index is 589. The van der Waals surface area contributed by atoms with Crippen LogP contribution in [-0.4, -0.2) is 24.7 Å². The molecule has 6 heteroatoms. The summed E-state index contributed by atoms with van der Waals surface area (Å²) >= 11 is 0. The molecule has 1 saturated carbocycles. The first-order valence-corrected chi connectivity index (χ1v) is 7.80. The first kappa shape index (κ1) is 13.9. The highest BCUT2D eigenvalue weighted by Gasteiger charge is 2.29. The van der Waals surface area contributed by atoms with Crippen molar-refractivity contribution in [1.29, 1.82) is 0 Å². The fraction of sp³-hybridized carbons (Fsp3) is 0.462. The minimum absolute atomic E-state index is 0.0784. The predicted octanol–water partition coefficient (Wildman–Crippen LogP) is 2.38. The molecule has 19 heavy (non-hydrogen) atoms. The lowest BCUT2D eigenvalue weighted by Gasteiger charge is -2.15. The van der Waals surface area contributed by atoms with Crippen LogP contribution in [0.15, 0.2) is 18.2 Å². The van der Waals surface area contributed by atoms with Gasteiger partial charge < -0.3 is 5.11 Å². The monoisotopic (exact) mass is 283 g/mol. The predicted molar refractivity (Wildman–Crippen MR) is 72.9 cm³/mol. The molecule has 0 saturated heterocycles. The molecule has 1 fully saturated rings. The van der Waals surface area contributed by atoms with Gasteiger partial charge in [-0.1, -0.05) is 18.9 Å². The lowest BCUT2D eigenvalue weighted by Crippen LogP contribution is -2.25. The summed E-state index contributed by atoms with van der Waals surface area (Å²) in [5, 5.41) is 8.57. The molecule has 1 aromatic rings. The van der Waals surface area contributed by atoms with Crippen molar-refractivity contribution in [3.63, 3.8) is 0 Å². The van der Waals surface area contributed by atoms with Crippen molar-refractivity contribution < 1.29 is 18.3 Å². The van der Waals surface area contributed by atoms with E-state index in [0.29, 0.717) is 24.1 Å². The van der Waals surface area contributed by atoms with Gasteiger partial charge in [-0.25, -0.2) is 13.2 Å². The van der Waals surface area contributed by atoms with Crippen LogP contribution >= 0.6 is 0 Å². The Kier molecular flexibility index (Phi) is 3.80. The van der Waals surface area contributed by atoms with Crippen molar-refractivity contribution in [3.05, 3.63) is 29.3 Å². The topological polar surface area (TPSA) is 83.5 Å². The zero-order valence-corrected chi connectivity index (χ0v) is 11.5. The summed E-state index contributed by atoms with van der Waals surface area (Å²) in [5.41, 5.74) is 1.15. The Morgan fingerprint density at radius 2 is 1.95 bits per heavy atom. The molecule has 5 nitrogen and oxygen atoms in total. The molecule has 0 radical (unpaired) electrons. The van der Waals surface area contributed by atoms with Gasteiger partial charge in [-0.05, 0) is 37.5 Å². The molecule has 0 spiro atoms. The van der Waals surface area contributed by atoms with Gasteiger partial charge in [0.2, 0.25) is 10.0 Å². The van der Waals surface area contributed by atoms with Gasteiger partial charge >= 0.3 is 5.97 Å². The average molecular weight is 283 g/mol. The Hall–Kier alpha value is -1.56. The van der Waals surface area contributed by atoms with Crippen molar-refractivity contribution in [3.8, 4) is 0 Å². The Labute approximate surface area is 112 Å². The smallest absolute Gasteiger partial charge is 0.335 e. The van der Waals surface area contributed by atoms with Gasteiger partial charge in [0.25, 0.3) is 0 Å². The quantitative estimate of drug-likeness (QED) is 0.888. The highest BCUT2D eigenvalue weighted by atomic mass is 32.2. The second-order valence-electron chi connectivity index (χ2n) is 4.89. The number of hydrogen-bond acceptors (Lipinski definition) is 3. The molecule has 104 valence electrons. The molecule has 2 rings (SSSR count). The molecule has 1 aliphatic rings. The van der Waals surface area contributed by atoms with Gasteiger partial charge in [0.1, 0.15) is 0 Å². The molecular weight excluding hydrogens is 266 g/mol. The van der Waals surface area contributed by atoms with Crippen LogP contribution in [0.3, 0.4) is 0 Å². The van der Waals surface area contributed by atoms with Crippen LogP contribution in [0.1, 0.15) is 41.6 Å². The first-order valence-electron chi connectivity index (χ1n) is 6.26. The number of aryl methyl sites for hydroxylation is 1. The number of sulfonamides is 1. The van der Waals surface area contributed by atoms with E-state index in [1.807, 2.05) is 0 Å². The van der Waals surface area contributed by atoms with E-state index >= 15 is 0 Å². The summed E-state index contributed by atoms with van der Waals surface area (Å²) in [7, 11) is -3.42. The second kappa shape index (κ2) is 5.21. The van der Waals surface area contributed by atoms with Crippen molar-refractivity contribution in [2.75, 3.05) is 4.72 Å². The van der Waals surface area contributed by atoms with Crippen LogP contribution in [0, 0.1) is 6.92 Å². The lowest BCUT2D eigenvalue weighted by atomic mass is 10.1. The fourth-order valence-corrected chi connectivity index (χ4v) is 3.95. The second-order valence-corrected chi connectivity index (χ2v) is 6.85. The summed E-state index contributed by atoms with van der Waals surface area (Å²) < 4.78 is 26.9. The largest absolute Gasteiger partial charge is 0.478 e. The van der Waals surface area contributed by atoms with Crippen molar-refractivity contribution >= 4 is 21.7 Å². The minimum atomic E-state index is -3.42. The number of hydrogen-bond donors (Lipinski definition) is 2. The molecule has 1 aromatic carbocycles. The Morgan fingerprint density at radius 1 is 1.32 bits per heavy atom. The summed E-state index contributed by atoms with van der Waals surface area (Å²) in [5.74, 6) is -1.07. The number of nitrogens with one attached hydrogen (secondary N) is 1. The van der Waals surface area contributed by atoms with E-state index < -0.39 is 16.0 Å². The maximum absolute atomic E-state index is 12.2.